The third-order valence-electron chi connectivity index (χ3n) is 5.20. The molecule has 0 saturated carbocycles. The lowest BCUT2D eigenvalue weighted by atomic mass is 9.86. The van der Waals surface area contributed by atoms with Crippen LogP contribution < -0.4 is 15.2 Å². The lowest BCUT2D eigenvalue weighted by Crippen LogP contribution is -2.53. The predicted octanol–water partition coefficient (Wildman–Crippen LogP) is 5.49. The number of nitrogens with two attached hydrogens (primary N) is 1. The van der Waals surface area contributed by atoms with Gasteiger partial charge in [-0.2, -0.15) is 0 Å². The minimum atomic E-state index is -1.59. The number of hydrogen-bond donors (Lipinski definition) is 1. The maximum absolute atomic E-state index is 12.8. The first kappa shape index (κ1) is 34.7. The van der Waals surface area contributed by atoms with Gasteiger partial charge in [0.1, 0.15) is 22.8 Å². The molecule has 40 heavy (non-hydrogen) atoms. The van der Waals surface area contributed by atoms with Crippen molar-refractivity contribution in [3.05, 3.63) is 23.8 Å². The topological polar surface area (TPSA) is 150 Å². The van der Waals surface area contributed by atoms with Crippen molar-refractivity contribution in [1.29, 1.82) is 0 Å². The zero-order chi connectivity index (χ0) is 30.9. The van der Waals surface area contributed by atoms with E-state index in [2.05, 4.69) is 0 Å². The molecule has 0 aliphatic carbocycles. The van der Waals surface area contributed by atoms with E-state index in [9.17, 15) is 19.2 Å². The van der Waals surface area contributed by atoms with E-state index in [4.69, 9.17) is 34.2 Å². The molecule has 0 fully saturated rings. The number of carbonyl (C=O) groups is 4. The average Bonchev–Trinajstić information content (AvgIpc) is 2.76. The molecule has 0 aliphatic rings. The van der Waals surface area contributed by atoms with Crippen LogP contribution in [-0.2, 0) is 35.0 Å². The van der Waals surface area contributed by atoms with Crippen LogP contribution in [0.5, 0.6) is 11.5 Å². The second-order valence-corrected chi connectivity index (χ2v) is 12.2. The highest BCUT2D eigenvalue weighted by atomic mass is 16.8. The number of rotatable bonds is 11. The van der Waals surface area contributed by atoms with Gasteiger partial charge >= 0.3 is 24.2 Å². The molecule has 0 aromatic heterocycles. The van der Waals surface area contributed by atoms with Gasteiger partial charge in [-0.25, -0.2) is 9.59 Å². The minimum Gasteiger partial charge on any atom is -0.468 e. The van der Waals surface area contributed by atoms with E-state index >= 15 is 0 Å². The van der Waals surface area contributed by atoms with E-state index in [1.165, 1.54) is 19.2 Å². The van der Waals surface area contributed by atoms with E-state index in [1.54, 1.807) is 54.5 Å². The molecule has 0 aliphatic heterocycles. The first-order valence-corrected chi connectivity index (χ1v) is 13.2. The van der Waals surface area contributed by atoms with Gasteiger partial charge < -0.3 is 34.2 Å². The fraction of sp³-hybridized carbons (Fsp3) is 0.655. The zero-order valence-electron chi connectivity index (χ0n) is 25.4. The quantitative estimate of drug-likeness (QED) is 0.205. The van der Waals surface area contributed by atoms with Gasteiger partial charge in [-0.3, -0.25) is 9.59 Å². The molecule has 1 rings (SSSR count). The summed E-state index contributed by atoms with van der Waals surface area (Å²) < 4.78 is 31.5. The summed E-state index contributed by atoms with van der Waals surface area (Å²) in [6.07, 6.45) is -1.92. The second kappa shape index (κ2) is 14.3. The normalized spacial score (nSPS) is 14.0. The lowest BCUT2D eigenvalue weighted by molar-refractivity contribution is -0.155. The summed E-state index contributed by atoms with van der Waals surface area (Å²) in [5, 5.41) is 0. The van der Waals surface area contributed by atoms with Gasteiger partial charge in [-0.15, -0.1) is 0 Å². The number of ether oxygens (including phenoxy) is 6. The third-order valence-corrected chi connectivity index (χ3v) is 5.20. The maximum atomic E-state index is 12.8. The van der Waals surface area contributed by atoms with Gasteiger partial charge in [0.25, 0.3) is 0 Å². The van der Waals surface area contributed by atoms with E-state index in [1.807, 2.05) is 13.8 Å². The van der Waals surface area contributed by atoms with Crippen molar-refractivity contribution in [1.82, 2.24) is 0 Å². The van der Waals surface area contributed by atoms with Crippen LogP contribution in [0, 0.1) is 5.92 Å². The standard InChI is InChI=1S/C29H45NO10/c1-18(2)11-14-23(31)36-19(3)16-29(30,24(32)35-10)17-20-12-13-21(37-25(33)39-27(4,5)6)22(15-20)38-26(34)40-28(7,8)9/h12-13,15,18-19H,11,14,16-17,30H2,1-10H3/t19-,29?/m0/s1. The molecule has 1 aromatic rings. The van der Waals surface area contributed by atoms with Crippen molar-refractivity contribution in [3.8, 4) is 11.5 Å². The molecule has 0 bridgehead atoms. The number of esters is 2. The summed E-state index contributed by atoms with van der Waals surface area (Å²) in [5.41, 5.74) is 3.69. The third kappa shape index (κ3) is 13.1. The first-order chi connectivity index (χ1) is 18.2. The molecule has 1 aromatic carbocycles. The van der Waals surface area contributed by atoms with Crippen LogP contribution in [0.2, 0.25) is 0 Å². The van der Waals surface area contributed by atoms with Gasteiger partial charge in [0.2, 0.25) is 0 Å². The van der Waals surface area contributed by atoms with Crippen molar-refractivity contribution in [2.45, 2.75) is 111 Å². The Balaban J connectivity index is 3.26. The van der Waals surface area contributed by atoms with Crippen LogP contribution in [0.3, 0.4) is 0 Å². The Morgan fingerprint density at radius 3 is 1.85 bits per heavy atom. The smallest absolute Gasteiger partial charge is 0.468 e. The fourth-order valence-electron chi connectivity index (χ4n) is 3.59. The van der Waals surface area contributed by atoms with Gasteiger partial charge in [-0.1, -0.05) is 19.9 Å². The highest BCUT2D eigenvalue weighted by Crippen LogP contribution is 2.32. The Morgan fingerprint density at radius 1 is 0.850 bits per heavy atom. The van der Waals surface area contributed by atoms with E-state index in [0.29, 0.717) is 17.9 Å². The molecule has 11 heteroatoms. The van der Waals surface area contributed by atoms with Crippen molar-refractivity contribution in [3.63, 3.8) is 0 Å². The fourth-order valence-corrected chi connectivity index (χ4v) is 3.59. The number of carbonyl (C=O) groups excluding carboxylic acids is 4. The Hall–Kier alpha value is -3.34. The van der Waals surface area contributed by atoms with E-state index in [-0.39, 0.29) is 36.7 Å². The molecule has 2 N–H and O–H groups in total. The molecule has 226 valence electrons. The minimum absolute atomic E-state index is 0.0362. The molecular weight excluding hydrogens is 522 g/mol. The maximum Gasteiger partial charge on any atom is 0.514 e. The van der Waals surface area contributed by atoms with Gasteiger partial charge in [-0.05, 0) is 78.5 Å². The average molecular weight is 568 g/mol. The predicted molar refractivity (Wildman–Crippen MR) is 147 cm³/mol. The molecule has 11 nitrogen and oxygen atoms in total. The van der Waals surface area contributed by atoms with Crippen LogP contribution in [0.15, 0.2) is 18.2 Å². The zero-order valence-corrected chi connectivity index (χ0v) is 25.4. The van der Waals surface area contributed by atoms with Crippen LogP contribution in [0.25, 0.3) is 0 Å². The van der Waals surface area contributed by atoms with Crippen LogP contribution in [0.4, 0.5) is 9.59 Å². The summed E-state index contributed by atoms with van der Waals surface area (Å²) in [6.45, 7) is 15.7. The number of benzene rings is 1. The van der Waals surface area contributed by atoms with Crippen molar-refractivity contribution < 1.29 is 47.6 Å². The van der Waals surface area contributed by atoms with Gasteiger partial charge in [0.05, 0.1) is 7.11 Å². The van der Waals surface area contributed by atoms with Crippen molar-refractivity contribution in [2.24, 2.45) is 11.7 Å². The molecule has 2 atom stereocenters. The molecule has 0 radical (unpaired) electrons. The summed E-state index contributed by atoms with van der Waals surface area (Å²) >= 11 is 0. The SMILES string of the molecule is COC(=O)C(N)(Cc1ccc(OC(=O)OC(C)(C)C)c(OC(=O)OC(C)(C)C)c1)C[C@H](C)OC(=O)CCC(C)C. The Labute approximate surface area is 236 Å². The Morgan fingerprint density at radius 2 is 1.38 bits per heavy atom. The summed E-state index contributed by atoms with van der Waals surface area (Å²) in [7, 11) is 1.21. The molecular formula is C29H45NO10. The Kier molecular flexibility index (Phi) is 12.4. The number of methoxy groups -OCH3 is 1. The summed E-state index contributed by atoms with van der Waals surface area (Å²) in [5.74, 6) is -1.03. The highest BCUT2D eigenvalue weighted by Gasteiger charge is 2.38. The van der Waals surface area contributed by atoms with Crippen LogP contribution >= 0.6 is 0 Å². The van der Waals surface area contributed by atoms with Gasteiger partial charge in [0, 0.05) is 19.3 Å². The highest BCUT2D eigenvalue weighted by molar-refractivity contribution is 5.81. The van der Waals surface area contributed by atoms with Crippen molar-refractivity contribution in [2.75, 3.05) is 7.11 Å². The summed E-state index contributed by atoms with van der Waals surface area (Å²) in [6, 6.07) is 4.32. The molecule has 1 unspecified atom stereocenters. The molecule has 0 amide bonds. The lowest BCUT2D eigenvalue weighted by Gasteiger charge is -2.29. The van der Waals surface area contributed by atoms with Crippen molar-refractivity contribution >= 4 is 24.2 Å². The summed E-state index contributed by atoms with van der Waals surface area (Å²) in [4.78, 5) is 49.7. The number of hydrogen-bond acceptors (Lipinski definition) is 11. The first-order valence-electron chi connectivity index (χ1n) is 13.2. The van der Waals surface area contributed by atoms with E-state index in [0.717, 1.165) is 0 Å². The second-order valence-electron chi connectivity index (χ2n) is 12.2. The van der Waals surface area contributed by atoms with Gasteiger partial charge in [0.15, 0.2) is 11.5 Å². The van der Waals surface area contributed by atoms with Crippen LogP contribution in [-0.4, -0.2) is 54.2 Å². The van der Waals surface area contributed by atoms with E-state index < -0.39 is 41.1 Å². The molecule has 0 saturated heterocycles. The van der Waals surface area contributed by atoms with Crippen LogP contribution in [0.1, 0.15) is 87.1 Å². The Bertz CT molecular complexity index is 1040. The largest absolute Gasteiger partial charge is 0.514 e. The molecule has 0 heterocycles. The molecule has 0 spiro atoms. The monoisotopic (exact) mass is 567 g/mol.